The van der Waals surface area contributed by atoms with Gasteiger partial charge in [0.1, 0.15) is 5.75 Å². The quantitative estimate of drug-likeness (QED) is 0.608. The predicted molar refractivity (Wildman–Crippen MR) is 114 cm³/mol. The molecule has 1 fully saturated rings. The van der Waals surface area contributed by atoms with Crippen LogP contribution in [-0.2, 0) is 11.2 Å². The maximum Gasteiger partial charge on any atom is 0.230 e. The molecule has 4 rings (SSSR count). The van der Waals surface area contributed by atoms with E-state index in [9.17, 15) is 4.79 Å². The van der Waals surface area contributed by atoms with Gasteiger partial charge in [-0.05, 0) is 43.9 Å². The van der Waals surface area contributed by atoms with E-state index in [4.69, 9.17) is 9.26 Å². The molecule has 0 atom stereocenters. The fourth-order valence-corrected chi connectivity index (χ4v) is 3.80. The van der Waals surface area contributed by atoms with E-state index < -0.39 is 0 Å². The van der Waals surface area contributed by atoms with E-state index >= 15 is 0 Å². The molecule has 1 aliphatic rings. The number of nitrogens with zero attached hydrogens (tertiary/aromatic N) is 3. The highest BCUT2D eigenvalue weighted by Crippen LogP contribution is 2.29. The standard InChI is InChI=1S/C24H27N3O3/c1-17-3-8-19(9-4-17)23-25-24(30-26-23)20-13-15-27(16-14-20)22(28)12-7-18-5-10-21(29-2)11-6-18/h3-6,8-11,20H,7,12-16H2,1-2H3. The molecule has 1 aromatic heterocycles. The van der Waals surface area contributed by atoms with Crippen LogP contribution in [0.3, 0.4) is 0 Å². The maximum atomic E-state index is 12.6. The number of ether oxygens (including phenoxy) is 1. The highest BCUT2D eigenvalue weighted by Gasteiger charge is 2.27. The fraction of sp³-hybridized carbons (Fsp3) is 0.375. The molecule has 1 amide bonds. The second kappa shape index (κ2) is 9.11. The number of aryl methyl sites for hydroxylation is 2. The van der Waals surface area contributed by atoms with Crippen molar-refractivity contribution in [2.45, 2.75) is 38.5 Å². The van der Waals surface area contributed by atoms with Crippen LogP contribution >= 0.6 is 0 Å². The molecule has 6 nitrogen and oxygen atoms in total. The van der Waals surface area contributed by atoms with Crippen LogP contribution in [0.1, 0.15) is 42.2 Å². The third-order valence-electron chi connectivity index (χ3n) is 5.74. The Morgan fingerprint density at radius 3 is 2.47 bits per heavy atom. The lowest BCUT2D eigenvalue weighted by atomic mass is 9.96. The zero-order chi connectivity index (χ0) is 20.9. The summed E-state index contributed by atoms with van der Waals surface area (Å²) in [7, 11) is 1.65. The van der Waals surface area contributed by atoms with E-state index in [-0.39, 0.29) is 11.8 Å². The summed E-state index contributed by atoms with van der Waals surface area (Å²) < 4.78 is 10.7. The van der Waals surface area contributed by atoms with Crippen molar-refractivity contribution in [3.63, 3.8) is 0 Å². The van der Waals surface area contributed by atoms with Crippen LogP contribution in [-0.4, -0.2) is 41.1 Å². The van der Waals surface area contributed by atoms with E-state index in [1.54, 1.807) is 7.11 Å². The average Bonchev–Trinajstić information content (AvgIpc) is 3.29. The van der Waals surface area contributed by atoms with Crippen LogP contribution < -0.4 is 4.74 Å². The average molecular weight is 405 g/mol. The van der Waals surface area contributed by atoms with Crippen molar-refractivity contribution in [1.29, 1.82) is 0 Å². The highest BCUT2D eigenvalue weighted by molar-refractivity contribution is 5.76. The van der Waals surface area contributed by atoms with Crippen LogP contribution in [0.25, 0.3) is 11.4 Å². The van der Waals surface area contributed by atoms with E-state index in [0.29, 0.717) is 18.1 Å². The number of methoxy groups -OCH3 is 1. The lowest BCUT2D eigenvalue weighted by Gasteiger charge is -2.30. The Bertz CT molecular complexity index is 972. The van der Waals surface area contributed by atoms with Gasteiger partial charge in [0, 0.05) is 31.0 Å². The Labute approximate surface area is 176 Å². The van der Waals surface area contributed by atoms with Gasteiger partial charge in [-0.25, -0.2) is 0 Å². The van der Waals surface area contributed by atoms with Gasteiger partial charge in [0.15, 0.2) is 0 Å². The van der Waals surface area contributed by atoms with Gasteiger partial charge in [0.2, 0.25) is 17.6 Å². The molecular formula is C24H27N3O3. The topological polar surface area (TPSA) is 68.5 Å². The van der Waals surface area contributed by atoms with Crippen LogP contribution in [0.4, 0.5) is 0 Å². The minimum atomic E-state index is 0.204. The minimum Gasteiger partial charge on any atom is -0.497 e. The Balaban J connectivity index is 1.28. The summed E-state index contributed by atoms with van der Waals surface area (Å²) in [5.74, 6) is 2.55. The number of aromatic nitrogens is 2. The number of likely N-dealkylation sites (tertiary alicyclic amines) is 1. The number of carbonyl (C=O) groups is 1. The van der Waals surface area contributed by atoms with Gasteiger partial charge in [-0.15, -0.1) is 0 Å². The second-order valence-corrected chi connectivity index (χ2v) is 7.83. The number of rotatable bonds is 6. The summed E-state index contributed by atoms with van der Waals surface area (Å²) in [6.07, 6.45) is 2.97. The van der Waals surface area contributed by atoms with Gasteiger partial charge in [0.05, 0.1) is 7.11 Å². The zero-order valence-electron chi connectivity index (χ0n) is 17.5. The Morgan fingerprint density at radius 1 is 1.10 bits per heavy atom. The summed E-state index contributed by atoms with van der Waals surface area (Å²) in [4.78, 5) is 19.2. The lowest BCUT2D eigenvalue weighted by molar-refractivity contribution is -0.132. The van der Waals surface area contributed by atoms with Crippen LogP contribution in [0.2, 0.25) is 0 Å². The molecule has 0 spiro atoms. The molecular weight excluding hydrogens is 378 g/mol. The van der Waals surface area contributed by atoms with E-state index in [2.05, 4.69) is 17.1 Å². The van der Waals surface area contributed by atoms with Crippen molar-refractivity contribution in [2.24, 2.45) is 0 Å². The zero-order valence-corrected chi connectivity index (χ0v) is 17.5. The summed E-state index contributed by atoms with van der Waals surface area (Å²) >= 11 is 0. The largest absolute Gasteiger partial charge is 0.497 e. The maximum absolute atomic E-state index is 12.6. The third-order valence-corrected chi connectivity index (χ3v) is 5.74. The van der Waals surface area contributed by atoms with Gasteiger partial charge in [-0.1, -0.05) is 47.1 Å². The van der Waals surface area contributed by atoms with Crippen molar-refractivity contribution in [3.05, 3.63) is 65.5 Å². The number of piperidine rings is 1. The van der Waals surface area contributed by atoms with E-state index in [0.717, 1.165) is 49.2 Å². The molecule has 2 aromatic carbocycles. The minimum absolute atomic E-state index is 0.204. The Morgan fingerprint density at radius 2 is 1.80 bits per heavy atom. The Hall–Kier alpha value is -3.15. The first-order valence-electron chi connectivity index (χ1n) is 10.4. The first-order valence-corrected chi connectivity index (χ1v) is 10.4. The number of hydrogen-bond acceptors (Lipinski definition) is 5. The van der Waals surface area contributed by atoms with Crippen LogP contribution in [0.5, 0.6) is 5.75 Å². The van der Waals surface area contributed by atoms with Crippen molar-refractivity contribution in [2.75, 3.05) is 20.2 Å². The second-order valence-electron chi connectivity index (χ2n) is 7.83. The van der Waals surface area contributed by atoms with Gasteiger partial charge >= 0.3 is 0 Å². The highest BCUT2D eigenvalue weighted by atomic mass is 16.5. The van der Waals surface area contributed by atoms with Crippen LogP contribution in [0.15, 0.2) is 53.1 Å². The fourth-order valence-electron chi connectivity index (χ4n) is 3.80. The summed E-state index contributed by atoms with van der Waals surface area (Å²) in [6.45, 7) is 3.51. The van der Waals surface area contributed by atoms with Crippen molar-refractivity contribution in [3.8, 4) is 17.1 Å². The third kappa shape index (κ3) is 4.70. The SMILES string of the molecule is COc1ccc(CCC(=O)N2CCC(c3nc(-c4ccc(C)cc4)no3)CC2)cc1. The molecule has 0 saturated carbocycles. The molecule has 0 radical (unpaired) electrons. The molecule has 0 aliphatic carbocycles. The smallest absolute Gasteiger partial charge is 0.230 e. The van der Waals surface area contributed by atoms with Crippen molar-refractivity contribution < 1.29 is 14.1 Å². The summed E-state index contributed by atoms with van der Waals surface area (Å²) in [5.41, 5.74) is 3.31. The molecule has 0 bridgehead atoms. The molecule has 0 N–H and O–H groups in total. The molecule has 1 saturated heterocycles. The number of benzene rings is 2. The number of carbonyl (C=O) groups excluding carboxylic acids is 1. The molecule has 156 valence electrons. The van der Waals surface area contributed by atoms with E-state index in [1.807, 2.05) is 53.4 Å². The van der Waals surface area contributed by atoms with Gasteiger partial charge < -0.3 is 14.2 Å². The monoisotopic (exact) mass is 405 g/mol. The molecule has 30 heavy (non-hydrogen) atoms. The van der Waals surface area contributed by atoms with Gasteiger partial charge in [0.25, 0.3) is 0 Å². The van der Waals surface area contributed by atoms with E-state index in [1.165, 1.54) is 5.56 Å². The lowest BCUT2D eigenvalue weighted by Crippen LogP contribution is -2.38. The molecule has 3 aromatic rings. The molecule has 1 aliphatic heterocycles. The van der Waals surface area contributed by atoms with Crippen molar-refractivity contribution >= 4 is 5.91 Å². The molecule has 0 unspecified atom stereocenters. The molecule has 2 heterocycles. The van der Waals surface area contributed by atoms with Crippen molar-refractivity contribution in [1.82, 2.24) is 15.0 Å². The van der Waals surface area contributed by atoms with Gasteiger partial charge in [-0.3, -0.25) is 4.79 Å². The first-order chi connectivity index (χ1) is 14.6. The first kappa shape index (κ1) is 20.1. The predicted octanol–water partition coefficient (Wildman–Crippen LogP) is 4.39. The molecule has 6 heteroatoms. The number of hydrogen-bond donors (Lipinski definition) is 0. The summed E-state index contributed by atoms with van der Waals surface area (Å²) in [5, 5.41) is 4.15. The summed E-state index contributed by atoms with van der Waals surface area (Å²) in [6, 6.07) is 16.0. The normalized spacial score (nSPS) is 14.7. The van der Waals surface area contributed by atoms with Gasteiger partial charge in [-0.2, -0.15) is 4.98 Å². The van der Waals surface area contributed by atoms with Crippen LogP contribution in [0, 0.1) is 6.92 Å². The Kier molecular flexibility index (Phi) is 6.12. The number of amides is 1.